The van der Waals surface area contributed by atoms with Gasteiger partial charge in [0.1, 0.15) is 5.92 Å². The third-order valence-corrected chi connectivity index (χ3v) is 7.23. The van der Waals surface area contributed by atoms with Gasteiger partial charge < -0.3 is 5.11 Å². The second-order valence-corrected chi connectivity index (χ2v) is 8.54. The van der Waals surface area contributed by atoms with E-state index in [1.54, 1.807) is 48.5 Å². The number of anilines is 1. The first kappa shape index (κ1) is 19.4. The van der Waals surface area contributed by atoms with Crippen molar-refractivity contribution in [1.29, 1.82) is 0 Å². The predicted molar refractivity (Wildman–Crippen MR) is 115 cm³/mol. The van der Waals surface area contributed by atoms with E-state index < -0.39 is 46.0 Å². The first-order valence-corrected chi connectivity index (χ1v) is 10.4. The van der Waals surface area contributed by atoms with Gasteiger partial charge in [-0.2, -0.15) is 0 Å². The van der Waals surface area contributed by atoms with Crippen LogP contribution in [-0.4, -0.2) is 27.8 Å². The number of hydrogen-bond donors (Lipinski definition) is 1. The molecule has 2 atom stereocenters. The Morgan fingerprint density at radius 1 is 0.879 bits per heavy atom. The molecule has 2 amide bonds. The second-order valence-electron chi connectivity index (χ2n) is 8.54. The van der Waals surface area contributed by atoms with Crippen molar-refractivity contribution >= 4 is 23.5 Å². The average Bonchev–Trinajstić information content (AvgIpc) is 3.09. The summed E-state index contributed by atoms with van der Waals surface area (Å²) in [6, 6.07) is 19.3. The van der Waals surface area contributed by atoms with Crippen LogP contribution in [0.15, 0.2) is 72.8 Å². The third kappa shape index (κ3) is 2.17. The molecule has 3 aromatic rings. The Balaban J connectivity index is 1.61. The van der Waals surface area contributed by atoms with E-state index in [0.29, 0.717) is 22.3 Å². The lowest BCUT2D eigenvalue weighted by atomic mass is 9.51. The van der Waals surface area contributed by atoms with Gasteiger partial charge in [0, 0.05) is 22.0 Å². The van der Waals surface area contributed by atoms with Gasteiger partial charge in [-0.3, -0.25) is 19.7 Å². The van der Waals surface area contributed by atoms with Crippen molar-refractivity contribution in [2.24, 2.45) is 11.8 Å². The van der Waals surface area contributed by atoms with Gasteiger partial charge in [0.2, 0.25) is 11.8 Å². The number of carbonyl (C=O) groups excluding carboxylic acids is 2. The van der Waals surface area contributed by atoms with E-state index in [1.165, 1.54) is 24.3 Å². The number of nitro groups is 1. The number of hydrogen-bond acceptors (Lipinski definition) is 5. The zero-order chi connectivity index (χ0) is 23.1. The van der Waals surface area contributed by atoms with Crippen molar-refractivity contribution in [3.8, 4) is 0 Å². The minimum absolute atomic E-state index is 0.0110. The first-order chi connectivity index (χ1) is 15.9. The maximum atomic E-state index is 13.8. The van der Waals surface area contributed by atoms with Gasteiger partial charge in [0.05, 0.1) is 17.2 Å². The predicted octanol–water partition coefficient (Wildman–Crippen LogP) is 3.17. The number of benzene rings is 3. The molecule has 8 nitrogen and oxygen atoms in total. The van der Waals surface area contributed by atoms with Gasteiger partial charge in [0.25, 0.3) is 5.54 Å². The van der Waals surface area contributed by atoms with Crippen LogP contribution in [0.2, 0.25) is 0 Å². The number of aromatic carboxylic acids is 1. The number of carboxylic acid groups (broad SMARTS) is 1. The summed E-state index contributed by atoms with van der Waals surface area (Å²) in [6.07, 6.45) is 0. The quantitative estimate of drug-likeness (QED) is 0.380. The standard InChI is InChI=1S/C25H16N2O6/c28-22-20-19-15-5-1-3-7-17(15)25(27(32)33,18-8-4-2-6-16(18)19)21(20)23(29)26(22)14-11-9-13(10-12-14)24(30)31/h1-12,19-21H,(H,30,31)/t19?,20-,21-,25?/m1/s1. The molecule has 33 heavy (non-hydrogen) atoms. The summed E-state index contributed by atoms with van der Waals surface area (Å²) in [5, 5.41) is 22.0. The molecule has 162 valence electrons. The highest BCUT2D eigenvalue weighted by Crippen LogP contribution is 2.64. The van der Waals surface area contributed by atoms with Crippen LogP contribution in [0.3, 0.4) is 0 Å². The van der Waals surface area contributed by atoms with Crippen LogP contribution in [-0.2, 0) is 15.1 Å². The minimum atomic E-state index is -1.88. The van der Waals surface area contributed by atoms with Gasteiger partial charge in [0.15, 0.2) is 0 Å². The Bertz CT molecular complexity index is 1350. The molecule has 0 spiro atoms. The molecule has 2 bridgehead atoms. The summed E-state index contributed by atoms with van der Waals surface area (Å²) in [6.45, 7) is 0. The zero-order valence-electron chi connectivity index (χ0n) is 17.0. The summed E-state index contributed by atoms with van der Waals surface area (Å²) < 4.78 is 0. The number of amides is 2. The molecule has 0 radical (unpaired) electrons. The fraction of sp³-hybridized carbons (Fsp3) is 0.160. The number of nitrogens with zero attached hydrogens (tertiary/aromatic N) is 2. The van der Waals surface area contributed by atoms with Crippen LogP contribution in [0.1, 0.15) is 38.5 Å². The fourth-order valence-corrected chi connectivity index (χ4v) is 6.05. The van der Waals surface area contributed by atoms with E-state index in [-0.39, 0.29) is 11.3 Å². The van der Waals surface area contributed by atoms with E-state index in [4.69, 9.17) is 5.11 Å². The van der Waals surface area contributed by atoms with Gasteiger partial charge in [-0.05, 0) is 35.4 Å². The van der Waals surface area contributed by atoms with Crippen molar-refractivity contribution in [1.82, 2.24) is 0 Å². The Hall–Kier alpha value is -4.33. The number of carbonyl (C=O) groups is 3. The lowest BCUT2D eigenvalue weighted by Crippen LogP contribution is -2.57. The molecule has 1 fully saturated rings. The second kappa shape index (κ2) is 6.35. The molecule has 1 saturated heterocycles. The molecular formula is C25H16N2O6. The highest BCUT2D eigenvalue weighted by molar-refractivity contribution is 6.23. The molecule has 3 aromatic carbocycles. The van der Waals surface area contributed by atoms with Crippen LogP contribution < -0.4 is 4.90 Å². The van der Waals surface area contributed by atoms with Crippen LogP contribution in [0.5, 0.6) is 0 Å². The van der Waals surface area contributed by atoms with Crippen molar-refractivity contribution in [2.75, 3.05) is 4.90 Å². The lowest BCUT2D eigenvalue weighted by molar-refractivity contribution is -0.578. The van der Waals surface area contributed by atoms with E-state index in [0.717, 1.165) is 4.90 Å². The van der Waals surface area contributed by atoms with E-state index in [1.807, 2.05) is 0 Å². The van der Waals surface area contributed by atoms with Crippen LogP contribution in [0.4, 0.5) is 5.69 Å². The van der Waals surface area contributed by atoms with Crippen molar-refractivity contribution in [3.05, 3.63) is 111 Å². The molecule has 4 aliphatic rings. The largest absolute Gasteiger partial charge is 0.478 e. The summed E-state index contributed by atoms with van der Waals surface area (Å²) in [5.41, 5.74) is 0.618. The Labute approximate surface area is 187 Å². The molecule has 1 N–H and O–H groups in total. The minimum Gasteiger partial charge on any atom is -0.478 e. The molecule has 0 unspecified atom stereocenters. The molecule has 7 rings (SSSR count). The Morgan fingerprint density at radius 2 is 1.42 bits per heavy atom. The zero-order valence-corrected chi connectivity index (χ0v) is 17.0. The number of carboxylic acids is 1. The normalized spacial score (nSPS) is 26.5. The lowest BCUT2D eigenvalue weighted by Gasteiger charge is -2.48. The van der Waals surface area contributed by atoms with E-state index >= 15 is 0 Å². The molecule has 0 saturated carbocycles. The highest BCUT2D eigenvalue weighted by Gasteiger charge is 2.74. The molecular weight excluding hydrogens is 424 g/mol. The molecule has 1 aliphatic heterocycles. The van der Waals surface area contributed by atoms with Gasteiger partial charge in [-0.1, -0.05) is 48.5 Å². The van der Waals surface area contributed by atoms with Crippen molar-refractivity contribution in [3.63, 3.8) is 0 Å². The third-order valence-electron chi connectivity index (χ3n) is 7.23. The first-order valence-electron chi connectivity index (χ1n) is 10.4. The van der Waals surface area contributed by atoms with Gasteiger partial charge in [-0.25, -0.2) is 9.69 Å². The smallest absolute Gasteiger partial charge is 0.335 e. The topological polar surface area (TPSA) is 118 Å². The van der Waals surface area contributed by atoms with Crippen LogP contribution >= 0.6 is 0 Å². The molecule has 8 heteroatoms. The van der Waals surface area contributed by atoms with E-state index in [9.17, 15) is 24.5 Å². The maximum Gasteiger partial charge on any atom is 0.335 e. The summed E-state index contributed by atoms with van der Waals surface area (Å²) >= 11 is 0. The highest BCUT2D eigenvalue weighted by atomic mass is 16.6. The van der Waals surface area contributed by atoms with Crippen molar-refractivity contribution < 1.29 is 24.4 Å². The maximum absolute atomic E-state index is 13.8. The molecule has 3 aliphatic carbocycles. The van der Waals surface area contributed by atoms with Gasteiger partial charge >= 0.3 is 5.97 Å². The monoisotopic (exact) mass is 440 g/mol. The number of imide groups is 1. The summed E-state index contributed by atoms with van der Waals surface area (Å²) in [5.74, 6) is -4.89. The summed E-state index contributed by atoms with van der Waals surface area (Å²) in [7, 11) is 0. The molecule has 0 aromatic heterocycles. The fourth-order valence-electron chi connectivity index (χ4n) is 6.05. The van der Waals surface area contributed by atoms with Crippen molar-refractivity contribution in [2.45, 2.75) is 11.5 Å². The Morgan fingerprint density at radius 3 is 1.94 bits per heavy atom. The van der Waals surface area contributed by atoms with Crippen LogP contribution in [0.25, 0.3) is 0 Å². The van der Waals surface area contributed by atoms with E-state index in [2.05, 4.69) is 0 Å². The SMILES string of the molecule is O=C(O)c1ccc(N2C(=O)[C@@H]3C4c5ccccc5C([N+](=O)[O-])(c5ccccc54)[C@H]3C2=O)cc1. The summed E-state index contributed by atoms with van der Waals surface area (Å²) in [4.78, 5) is 52.1. The average molecular weight is 440 g/mol. The Kier molecular flexibility index (Phi) is 3.73. The van der Waals surface area contributed by atoms with Crippen LogP contribution in [0, 0.1) is 22.0 Å². The number of rotatable bonds is 3. The van der Waals surface area contributed by atoms with Gasteiger partial charge in [-0.15, -0.1) is 0 Å². The molecule has 1 heterocycles.